The molecule has 0 fully saturated rings. The second-order valence-corrected chi connectivity index (χ2v) is 9.30. The molecule has 0 N–H and O–H groups in total. The number of hydrogen-bond donors (Lipinski definition) is 0. The van der Waals surface area contributed by atoms with Crippen LogP contribution in [-0.4, -0.2) is 8.07 Å². The largest absolute Gasteiger partial charge is 0.120 e. The van der Waals surface area contributed by atoms with Crippen molar-refractivity contribution in [2.45, 2.75) is 44.9 Å². The Balaban J connectivity index is 3.98. The molecule has 0 aromatic heterocycles. The topological polar surface area (TPSA) is 0 Å². The van der Waals surface area contributed by atoms with Crippen LogP contribution < -0.4 is 0 Å². The molecule has 1 unspecified atom stereocenters. The molecule has 0 rings (SSSR count). The van der Waals surface area contributed by atoms with E-state index in [1.165, 1.54) is 12.8 Å². The number of terminal acetylenes is 1. The monoisotopic (exact) mass is 154 g/mol. The lowest BCUT2D eigenvalue weighted by atomic mass is 10.2. The van der Waals surface area contributed by atoms with Gasteiger partial charge in [0.2, 0.25) is 0 Å². The summed E-state index contributed by atoms with van der Waals surface area (Å²) < 4.78 is 0. The van der Waals surface area contributed by atoms with E-state index < -0.39 is 8.07 Å². The molecule has 1 heteroatoms. The SMILES string of the molecule is C#CC(CCC)[Si](C)(C)C. The van der Waals surface area contributed by atoms with E-state index in [9.17, 15) is 0 Å². The van der Waals surface area contributed by atoms with Gasteiger partial charge in [-0.15, -0.1) is 12.3 Å². The minimum atomic E-state index is -1.04. The molecule has 0 saturated carbocycles. The van der Waals surface area contributed by atoms with Crippen molar-refractivity contribution in [3.8, 4) is 12.3 Å². The van der Waals surface area contributed by atoms with E-state index >= 15 is 0 Å². The summed E-state index contributed by atoms with van der Waals surface area (Å²) in [5.74, 6) is 2.90. The van der Waals surface area contributed by atoms with Crippen LogP contribution in [0, 0.1) is 12.3 Å². The van der Waals surface area contributed by atoms with Crippen molar-refractivity contribution in [1.29, 1.82) is 0 Å². The molecule has 58 valence electrons. The zero-order chi connectivity index (χ0) is 8.20. The van der Waals surface area contributed by atoms with E-state index in [2.05, 4.69) is 32.5 Å². The lowest BCUT2D eigenvalue weighted by Crippen LogP contribution is -2.26. The first-order valence-electron chi connectivity index (χ1n) is 3.98. The van der Waals surface area contributed by atoms with Crippen molar-refractivity contribution in [3.63, 3.8) is 0 Å². The van der Waals surface area contributed by atoms with Gasteiger partial charge in [-0.05, 0) is 6.42 Å². The Kier molecular flexibility index (Phi) is 3.74. The normalized spacial score (nSPS) is 14.3. The van der Waals surface area contributed by atoms with Crippen LogP contribution in [0.5, 0.6) is 0 Å². The molecule has 0 radical (unpaired) electrons. The molecule has 1 atom stereocenters. The highest BCUT2D eigenvalue weighted by molar-refractivity contribution is 6.78. The van der Waals surface area contributed by atoms with E-state index in [1.807, 2.05) is 0 Å². The lowest BCUT2D eigenvalue weighted by Gasteiger charge is -2.23. The molecule has 0 saturated heterocycles. The fourth-order valence-corrected chi connectivity index (χ4v) is 2.71. The average Bonchev–Trinajstić information content (AvgIpc) is 1.80. The Bertz CT molecular complexity index is 125. The summed E-state index contributed by atoms with van der Waals surface area (Å²) in [6.45, 7) is 9.22. The highest BCUT2D eigenvalue weighted by atomic mass is 28.3. The third-order valence-corrected chi connectivity index (χ3v) is 4.37. The van der Waals surface area contributed by atoms with Gasteiger partial charge in [-0.2, -0.15) is 0 Å². The molecular formula is C9H18Si. The van der Waals surface area contributed by atoms with Crippen LogP contribution in [0.25, 0.3) is 0 Å². The zero-order valence-corrected chi connectivity index (χ0v) is 8.57. The maximum Gasteiger partial charge on any atom is 0.0612 e. The third kappa shape index (κ3) is 3.08. The fourth-order valence-electron chi connectivity index (χ4n) is 1.06. The van der Waals surface area contributed by atoms with Crippen LogP contribution in [0.3, 0.4) is 0 Å². The molecule has 0 spiro atoms. The summed E-state index contributed by atoms with van der Waals surface area (Å²) in [4.78, 5) is 0. The molecule has 0 aliphatic carbocycles. The second-order valence-electron chi connectivity index (χ2n) is 3.87. The number of hydrogen-bond acceptors (Lipinski definition) is 0. The summed E-state index contributed by atoms with van der Waals surface area (Å²) in [5, 5.41) is 0. The van der Waals surface area contributed by atoms with Crippen LogP contribution in [0.1, 0.15) is 19.8 Å². The average molecular weight is 154 g/mol. The van der Waals surface area contributed by atoms with Gasteiger partial charge in [0.05, 0.1) is 8.07 Å². The molecule has 10 heavy (non-hydrogen) atoms. The van der Waals surface area contributed by atoms with Gasteiger partial charge in [0, 0.05) is 5.54 Å². The number of rotatable bonds is 3. The molecule has 0 aromatic rings. The Morgan fingerprint density at radius 2 is 1.90 bits per heavy atom. The van der Waals surface area contributed by atoms with Gasteiger partial charge in [0.15, 0.2) is 0 Å². The van der Waals surface area contributed by atoms with Crippen molar-refractivity contribution in [2.75, 3.05) is 0 Å². The van der Waals surface area contributed by atoms with Crippen molar-refractivity contribution < 1.29 is 0 Å². The maximum atomic E-state index is 5.43. The molecule has 0 amide bonds. The standard InChI is InChI=1S/C9H18Si/c1-6-8-9(7-2)10(3,4)5/h2,9H,6,8H2,1,3-5H3. The molecule has 0 aromatic carbocycles. The molecule has 0 bridgehead atoms. The van der Waals surface area contributed by atoms with Crippen LogP contribution in [0.4, 0.5) is 0 Å². The Hall–Kier alpha value is -0.223. The van der Waals surface area contributed by atoms with Crippen LogP contribution in [0.2, 0.25) is 25.2 Å². The Morgan fingerprint density at radius 3 is 2.00 bits per heavy atom. The molecule has 0 aliphatic heterocycles. The fraction of sp³-hybridized carbons (Fsp3) is 0.778. The van der Waals surface area contributed by atoms with E-state index in [0.717, 1.165) is 0 Å². The van der Waals surface area contributed by atoms with E-state index in [-0.39, 0.29) is 0 Å². The van der Waals surface area contributed by atoms with Crippen molar-refractivity contribution in [1.82, 2.24) is 0 Å². The summed E-state index contributed by atoms with van der Waals surface area (Å²) in [5.41, 5.74) is 0.581. The van der Waals surface area contributed by atoms with E-state index in [4.69, 9.17) is 6.42 Å². The molecule has 0 aliphatic rings. The highest BCUT2D eigenvalue weighted by Gasteiger charge is 2.23. The van der Waals surface area contributed by atoms with Crippen LogP contribution in [0.15, 0.2) is 0 Å². The first-order valence-corrected chi connectivity index (χ1v) is 7.56. The van der Waals surface area contributed by atoms with Crippen molar-refractivity contribution >= 4 is 8.07 Å². The van der Waals surface area contributed by atoms with Gasteiger partial charge in [0.25, 0.3) is 0 Å². The smallest absolute Gasteiger partial charge is 0.0612 e. The van der Waals surface area contributed by atoms with Crippen molar-refractivity contribution in [3.05, 3.63) is 0 Å². The van der Waals surface area contributed by atoms with Gasteiger partial charge >= 0.3 is 0 Å². The molecular weight excluding hydrogens is 136 g/mol. The van der Waals surface area contributed by atoms with E-state index in [1.54, 1.807) is 0 Å². The maximum absolute atomic E-state index is 5.43. The summed E-state index contributed by atoms with van der Waals surface area (Å²) in [6.07, 6.45) is 7.87. The lowest BCUT2D eigenvalue weighted by molar-refractivity contribution is 0.806. The van der Waals surface area contributed by atoms with Crippen LogP contribution >= 0.6 is 0 Å². The quantitative estimate of drug-likeness (QED) is 0.433. The third-order valence-electron chi connectivity index (χ3n) is 1.82. The zero-order valence-electron chi connectivity index (χ0n) is 7.57. The highest BCUT2D eigenvalue weighted by Crippen LogP contribution is 2.25. The molecule has 0 nitrogen and oxygen atoms in total. The second kappa shape index (κ2) is 3.83. The minimum absolute atomic E-state index is 0.581. The Morgan fingerprint density at radius 1 is 1.40 bits per heavy atom. The summed E-state index contributed by atoms with van der Waals surface area (Å²) in [6, 6.07) is 0. The van der Waals surface area contributed by atoms with Crippen LogP contribution in [-0.2, 0) is 0 Å². The van der Waals surface area contributed by atoms with Gasteiger partial charge in [-0.25, -0.2) is 0 Å². The first-order chi connectivity index (χ1) is 4.52. The van der Waals surface area contributed by atoms with E-state index in [0.29, 0.717) is 5.54 Å². The van der Waals surface area contributed by atoms with Gasteiger partial charge in [0.1, 0.15) is 0 Å². The van der Waals surface area contributed by atoms with Gasteiger partial charge in [-0.1, -0.05) is 33.0 Å². The summed E-state index contributed by atoms with van der Waals surface area (Å²) in [7, 11) is -1.04. The minimum Gasteiger partial charge on any atom is -0.120 e. The predicted octanol–water partition coefficient (Wildman–Crippen LogP) is 3.13. The molecule has 0 heterocycles. The first kappa shape index (κ1) is 9.78. The predicted molar refractivity (Wildman–Crippen MR) is 50.8 cm³/mol. The van der Waals surface area contributed by atoms with Crippen molar-refractivity contribution in [2.24, 2.45) is 0 Å². The summed E-state index contributed by atoms with van der Waals surface area (Å²) >= 11 is 0. The van der Waals surface area contributed by atoms with Gasteiger partial charge in [-0.3, -0.25) is 0 Å². The van der Waals surface area contributed by atoms with Gasteiger partial charge < -0.3 is 0 Å². The Labute approximate surface area is 66.0 Å².